The van der Waals surface area contributed by atoms with Gasteiger partial charge in [-0.1, -0.05) is 0 Å². The van der Waals surface area contributed by atoms with Crippen LogP contribution >= 0.6 is 11.8 Å². The van der Waals surface area contributed by atoms with Crippen molar-refractivity contribution in [3.05, 3.63) is 12.4 Å². The highest BCUT2D eigenvalue weighted by Crippen LogP contribution is 2.43. The van der Waals surface area contributed by atoms with Crippen molar-refractivity contribution in [1.82, 2.24) is 14.9 Å². The maximum Gasteiger partial charge on any atom is 0.186 e. The molecular formula is C14H21N5OS. The average molecular weight is 307 g/mol. The van der Waals surface area contributed by atoms with Crippen LogP contribution < -0.4 is 10.6 Å². The zero-order valence-corrected chi connectivity index (χ0v) is 13.1. The van der Waals surface area contributed by atoms with Crippen LogP contribution in [0.15, 0.2) is 17.4 Å². The summed E-state index contributed by atoms with van der Waals surface area (Å²) in [5.41, 5.74) is 6.12. The third kappa shape index (κ3) is 2.23. The third-order valence-corrected chi connectivity index (χ3v) is 5.67. The lowest BCUT2D eigenvalue weighted by molar-refractivity contribution is -0.137. The molecule has 7 heteroatoms. The Hall–Kier alpha value is -0.890. The Balaban J connectivity index is 1.57. The summed E-state index contributed by atoms with van der Waals surface area (Å²) in [5.74, 6) is 1.44. The fourth-order valence-corrected chi connectivity index (χ4v) is 4.25. The Morgan fingerprint density at radius 2 is 2.10 bits per heavy atom. The van der Waals surface area contributed by atoms with Gasteiger partial charge < -0.3 is 14.5 Å². The smallest absolute Gasteiger partial charge is 0.186 e. The molecule has 5 heterocycles. The number of fused-ring (bicyclic) bond motifs is 2. The summed E-state index contributed by atoms with van der Waals surface area (Å²) in [4.78, 5) is 13.4. The van der Waals surface area contributed by atoms with Gasteiger partial charge in [0.05, 0.1) is 18.9 Å². The standard InChI is InChI=1S/C14H21N5OS/c1-21-12-7-16-11(6-17-12)19-9-14(20-13(19)15)8-18-4-2-10(14)3-5-18/h6-7,10,13H,2-5,8-9,15H2,1H3. The van der Waals surface area contributed by atoms with E-state index in [9.17, 15) is 0 Å². The van der Waals surface area contributed by atoms with Gasteiger partial charge >= 0.3 is 0 Å². The molecule has 2 N–H and O–H groups in total. The molecule has 0 aliphatic carbocycles. The Bertz CT molecular complexity index is 519. The van der Waals surface area contributed by atoms with Gasteiger partial charge in [-0.25, -0.2) is 9.97 Å². The topological polar surface area (TPSA) is 67.5 Å². The molecule has 4 aliphatic rings. The van der Waals surface area contributed by atoms with Crippen LogP contribution in [0.2, 0.25) is 0 Å². The predicted octanol–water partition coefficient (Wildman–Crippen LogP) is 0.742. The fourth-order valence-electron chi connectivity index (χ4n) is 3.93. The van der Waals surface area contributed by atoms with Crippen LogP contribution in [0.5, 0.6) is 0 Å². The first-order valence-electron chi connectivity index (χ1n) is 7.49. The van der Waals surface area contributed by atoms with Gasteiger partial charge in [0.25, 0.3) is 0 Å². The maximum absolute atomic E-state index is 6.24. The van der Waals surface area contributed by atoms with Crippen molar-refractivity contribution in [1.29, 1.82) is 0 Å². The van der Waals surface area contributed by atoms with Crippen LogP contribution in [0.25, 0.3) is 0 Å². The number of aromatic nitrogens is 2. The van der Waals surface area contributed by atoms with Gasteiger partial charge in [0.15, 0.2) is 6.35 Å². The van der Waals surface area contributed by atoms with Crippen molar-refractivity contribution in [2.24, 2.45) is 11.7 Å². The van der Waals surface area contributed by atoms with E-state index in [1.165, 1.54) is 25.9 Å². The maximum atomic E-state index is 6.24. The summed E-state index contributed by atoms with van der Waals surface area (Å²) in [6, 6.07) is 0. The molecule has 1 spiro atoms. The predicted molar refractivity (Wildman–Crippen MR) is 82.1 cm³/mol. The lowest BCUT2D eigenvalue weighted by atomic mass is 9.75. The number of ether oxygens (including phenoxy) is 1. The number of nitrogens with zero attached hydrogens (tertiary/aromatic N) is 4. The molecular weight excluding hydrogens is 286 g/mol. The van der Waals surface area contributed by atoms with E-state index >= 15 is 0 Å². The van der Waals surface area contributed by atoms with Crippen LogP contribution in [-0.4, -0.2) is 59.3 Å². The van der Waals surface area contributed by atoms with E-state index in [0.29, 0.717) is 5.92 Å². The molecule has 0 radical (unpaired) electrons. The molecule has 4 fully saturated rings. The second kappa shape index (κ2) is 5.08. The highest BCUT2D eigenvalue weighted by molar-refractivity contribution is 7.98. The Kier molecular flexibility index (Phi) is 3.33. The largest absolute Gasteiger partial charge is 0.335 e. The number of nitrogens with two attached hydrogens (primary N) is 1. The summed E-state index contributed by atoms with van der Waals surface area (Å²) in [5, 5.41) is 0.921. The summed E-state index contributed by atoms with van der Waals surface area (Å²) < 4.78 is 6.24. The zero-order chi connectivity index (χ0) is 14.4. The molecule has 6 nitrogen and oxygen atoms in total. The van der Waals surface area contributed by atoms with Crippen LogP contribution in [0.3, 0.4) is 0 Å². The van der Waals surface area contributed by atoms with Gasteiger partial charge in [0.1, 0.15) is 16.4 Å². The van der Waals surface area contributed by atoms with Gasteiger partial charge in [0, 0.05) is 6.54 Å². The molecule has 2 atom stereocenters. The first-order chi connectivity index (χ1) is 10.2. The van der Waals surface area contributed by atoms with Gasteiger partial charge in [-0.3, -0.25) is 5.73 Å². The third-order valence-electron chi connectivity index (χ3n) is 5.04. The minimum Gasteiger partial charge on any atom is -0.335 e. The molecule has 0 amide bonds. The average Bonchev–Trinajstić information content (AvgIpc) is 2.85. The van der Waals surface area contributed by atoms with Crippen molar-refractivity contribution >= 4 is 17.6 Å². The van der Waals surface area contributed by atoms with Crippen LogP contribution in [0.1, 0.15) is 12.8 Å². The minimum atomic E-state index is -0.417. The molecule has 2 bridgehead atoms. The molecule has 4 aliphatic heterocycles. The molecule has 4 saturated heterocycles. The van der Waals surface area contributed by atoms with Crippen molar-refractivity contribution in [2.75, 3.05) is 37.3 Å². The van der Waals surface area contributed by atoms with E-state index in [0.717, 1.165) is 23.9 Å². The number of hydrogen-bond acceptors (Lipinski definition) is 7. The number of anilines is 1. The summed E-state index contributed by atoms with van der Waals surface area (Å²) >= 11 is 1.59. The Morgan fingerprint density at radius 3 is 2.67 bits per heavy atom. The van der Waals surface area contributed by atoms with Gasteiger partial charge in [-0.05, 0) is 38.1 Å². The SMILES string of the molecule is CSc1cnc(N2CC3(CN4CCC3CC4)OC2N)cn1. The number of rotatable bonds is 2. The van der Waals surface area contributed by atoms with Crippen LogP contribution in [0, 0.1) is 5.92 Å². The molecule has 0 saturated carbocycles. The number of thioether (sulfide) groups is 1. The minimum absolute atomic E-state index is 0.115. The lowest BCUT2D eigenvalue weighted by Gasteiger charge is -2.50. The molecule has 114 valence electrons. The Morgan fingerprint density at radius 1 is 1.29 bits per heavy atom. The second-order valence-electron chi connectivity index (χ2n) is 6.17. The van der Waals surface area contributed by atoms with Crippen molar-refractivity contribution in [2.45, 2.75) is 29.8 Å². The number of hydrogen-bond donors (Lipinski definition) is 1. The highest BCUT2D eigenvalue weighted by Gasteiger charge is 2.54. The zero-order valence-electron chi connectivity index (χ0n) is 12.2. The summed E-state index contributed by atoms with van der Waals surface area (Å²) in [7, 11) is 0. The van der Waals surface area contributed by atoms with Crippen molar-refractivity contribution in [3.63, 3.8) is 0 Å². The first-order valence-corrected chi connectivity index (χ1v) is 8.71. The lowest BCUT2D eigenvalue weighted by Crippen LogP contribution is -2.61. The van der Waals surface area contributed by atoms with E-state index in [1.807, 2.05) is 6.26 Å². The molecule has 1 aromatic heterocycles. The van der Waals surface area contributed by atoms with E-state index in [1.54, 1.807) is 24.2 Å². The van der Waals surface area contributed by atoms with E-state index < -0.39 is 6.35 Å². The monoisotopic (exact) mass is 307 g/mol. The molecule has 2 unspecified atom stereocenters. The Labute approximate surface area is 129 Å². The van der Waals surface area contributed by atoms with Crippen molar-refractivity contribution < 1.29 is 4.74 Å². The van der Waals surface area contributed by atoms with E-state index in [2.05, 4.69) is 19.8 Å². The summed E-state index contributed by atoms with van der Waals surface area (Å²) in [6.07, 6.45) is 7.62. The molecule has 0 aromatic carbocycles. The van der Waals surface area contributed by atoms with Crippen LogP contribution in [-0.2, 0) is 4.74 Å². The quantitative estimate of drug-likeness (QED) is 0.808. The fraction of sp³-hybridized carbons (Fsp3) is 0.714. The van der Waals surface area contributed by atoms with Gasteiger partial charge in [-0.15, -0.1) is 11.8 Å². The number of piperidine rings is 3. The summed E-state index contributed by atoms with van der Waals surface area (Å²) in [6.45, 7) is 4.22. The normalized spacial score (nSPS) is 38.4. The van der Waals surface area contributed by atoms with Crippen molar-refractivity contribution in [3.8, 4) is 0 Å². The highest BCUT2D eigenvalue weighted by atomic mass is 32.2. The molecule has 21 heavy (non-hydrogen) atoms. The molecule has 1 aromatic rings. The van der Waals surface area contributed by atoms with Gasteiger partial charge in [0.2, 0.25) is 0 Å². The van der Waals surface area contributed by atoms with Gasteiger partial charge in [-0.2, -0.15) is 0 Å². The van der Waals surface area contributed by atoms with Crippen LogP contribution in [0.4, 0.5) is 5.82 Å². The molecule has 5 rings (SSSR count). The first kappa shape index (κ1) is 13.8. The second-order valence-corrected chi connectivity index (χ2v) is 6.99. The van der Waals surface area contributed by atoms with E-state index in [4.69, 9.17) is 10.5 Å². The van der Waals surface area contributed by atoms with E-state index in [-0.39, 0.29) is 5.60 Å².